The molecule has 2 heterocycles. The molecule has 0 fully saturated rings. The van der Waals surface area contributed by atoms with Crippen LogP contribution >= 0.6 is 11.3 Å². The second-order valence-electron chi connectivity index (χ2n) is 12.9. The zero-order chi connectivity index (χ0) is 33.7. The molecule has 0 unspecified atom stereocenters. The van der Waals surface area contributed by atoms with Crippen LogP contribution in [-0.4, -0.2) is 4.57 Å². The van der Waals surface area contributed by atoms with Crippen LogP contribution in [0.5, 0.6) is 0 Å². The number of hydrogen-bond donors (Lipinski definition) is 0. The Balaban J connectivity index is 1.30. The molecule has 0 saturated carbocycles. The van der Waals surface area contributed by atoms with Crippen molar-refractivity contribution in [2.45, 2.75) is 0 Å². The second kappa shape index (κ2) is 12.2. The number of fused-ring (bicyclic) bond motifs is 6. The average Bonchev–Trinajstić information content (AvgIpc) is 3.76. The molecular formula is C48H32N2S. The lowest BCUT2D eigenvalue weighted by molar-refractivity contribution is 1.18. The number of rotatable bonds is 6. The number of thiophene rings is 1. The Hall–Kier alpha value is -6.42. The summed E-state index contributed by atoms with van der Waals surface area (Å²) in [7, 11) is 0. The first-order valence-corrected chi connectivity index (χ1v) is 18.2. The topological polar surface area (TPSA) is 8.17 Å². The standard InChI is InChI=1S/C48H32N2S/c1-3-16-33(17-4-1)34-18-13-19-35(32-34)37-22-7-10-26-41(37)50(45-30-14-25-39-38-23-9-12-31-46(38)51-48(39)45)44-29-15-28-43-47(44)40-24-8-11-27-42(40)49(43)36-20-5-2-6-21-36/h1-32H. The van der Waals surface area contributed by atoms with E-state index in [-0.39, 0.29) is 0 Å². The van der Waals surface area contributed by atoms with Gasteiger partial charge in [0.1, 0.15) is 0 Å². The second-order valence-corrected chi connectivity index (χ2v) is 14.0. The van der Waals surface area contributed by atoms with Crippen LogP contribution in [0.2, 0.25) is 0 Å². The van der Waals surface area contributed by atoms with Crippen molar-refractivity contribution < 1.29 is 0 Å². The normalized spacial score (nSPS) is 11.5. The van der Waals surface area contributed by atoms with Crippen LogP contribution in [0.4, 0.5) is 17.1 Å². The molecule has 3 heteroatoms. The molecule has 240 valence electrons. The molecule has 0 atom stereocenters. The van der Waals surface area contributed by atoms with E-state index in [9.17, 15) is 0 Å². The quantitative estimate of drug-likeness (QED) is 0.171. The van der Waals surface area contributed by atoms with E-state index in [2.05, 4.69) is 204 Å². The summed E-state index contributed by atoms with van der Waals surface area (Å²) in [6.45, 7) is 0. The minimum atomic E-state index is 1.14. The van der Waals surface area contributed by atoms with Crippen LogP contribution in [-0.2, 0) is 0 Å². The summed E-state index contributed by atoms with van der Waals surface area (Å²) in [5.74, 6) is 0. The summed E-state index contributed by atoms with van der Waals surface area (Å²) in [5, 5.41) is 5.02. The number of nitrogens with zero attached hydrogens (tertiary/aromatic N) is 2. The fourth-order valence-electron chi connectivity index (χ4n) is 7.75. The van der Waals surface area contributed by atoms with E-state index < -0.39 is 0 Å². The molecule has 0 N–H and O–H groups in total. The monoisotopic (exact) mass is 668 g/mol. The Kier molecular flexibility index (Phi) is 7.04. The fraction of sp³-hybridized carbons (Fsp3) is 0. The van der Waals surface area contributed by atoms with Gasteiger partial charge in [-0.05, 0) is 71.3 Å². The van der Waals surface area contributed by atoms with Gasteiger partial charge < -0.3 is 9.47 Å². The highest BCUT2D eigenvalue weighted by Gasteiger charge is 2.25. The lowest BCUT2D eigenvalue weighted by atomic mass is 9.97. The minimum absolute atomic E-state index is 1.14. The fourth-order valence-corrected chi connectivity index (χ4v) is 8.96. The van der Waals surface area contributed by atoms with Crippen LogP contribution in [0, 0.1) is 0 Å². The van der Waals surface area contributed by atoms with Gasteiger partial charge in [-0.1, -0.05) is 140 Å². The Morgan fingerprint density at radius 2 is 0.980 bits per heavy atom. The molecule has 0 spiro atoms. The first-order valence-electron chi connectivity index (χ1n) is 17.4. The highest BCUT2D eigenvalue weighted by atomic mass is 32.1. The summed E-state index contributed by atoms with van der Waals surface area (Å²) in [4.78, 5) is 2.52. The zero-order valence-corrected chi connectivity index (χ0v) is 28.6. The third-order valence-electron chi connectivity index (χ3n) is 9.98. The van der Waals surface area contributed by atoms with E-state index >= 15 is 0 Å². The first kappa shape index (κ1) is 29.5. The molecule has 10 rings (SSSR count). The molecule has 2 nitrogen and oxygen atoms in total. The maximum atomic E-state index is 2.52. The highest BCUT2D eigenvalue weighted by molar-refractivity contribution is 7.26. The molecule has 0 aliphatic rings. The third kappa shape index (κ3) is 4.85. The van der Waals surface area contributed by atoms with Crippen LogP contribution in [0.3, 0.4) is 0 Å². The van der Waals surface area contributed by atoms with Gasteiger partial charge in [-0.2, -0.15) is 0 Å². The van der Waals surface area contributed by atoms with Gasteiger partial charge in [0.25, 0.3) is 0 Å². The van der Waals surface area contributed by atoms with Gasteiger partial charge in [0.15, 0.2) is 0 Å². The first-order chi connectivity index (χ1) is 25.3. The van der Waals surface area contributed by atoms with Crippen molar-refractivity contribution in [3.8, 4) is 27.9 Å². The molecule has 0 saturated heterocycles. The van der Waals surface area contributed by atoms with Gasteiger partial charge in [0.05, 0.1) is 32.8 Å². The average molecular weight is 669 g/mol. The Morgan fingerprint density at radius 3 is 1.86 bits per heavy atom. The Bertz CT molecular complexity index is 2860. The molecule has 0 aliphatic carbocycles. The zero-order valence-electron chi connectivity index (χ0n) is 27.8. The summed E-state index contributed by atoms with van der Waals surface area (Å²) in [5.41, 5.74) is 11.7. The van der Waals surface area contributed by atoms with Crippen molar-refractivity contribution in [3.63, 3.8) is 0 Å². The van der Waals surface area contributed by atoms with Gasteiger partial charge in [-0.25, -0.2) is 0 Å². The molecule has 0 amide bonds. The molecule has 0 bridgehead atoms. The Morgan fingerprint density at radius 1 is 0.392 bits per heavy atom. The van der Waals surface area contributed by atoms with E-state index in [0.29, 0.717) is 0 Å². The largest absolute Gasteiger partial charge is 0.309 e. The summed E-state index contributed by atoms with van der Waals surface area (Å²) in [6, 6.07) is 70.4. The number of benzene rings is 8. The van der Waals surface area contributed by atoms with Crippen LogP contribution in [0.15, 0.2) is 194 Å². The molecule has 0 aliphatic heterocycles. The smallest absolute Gasteiger partial charge is 0.0640 e. The summed E-state index contributed by atoms with van der Waals surface area (Å²) in [6.07, 6.45) is 0. The molecular weight excluding hydrogens is 637 g/mol. The lowest BCUT2D eigenvalue weighted by Gasteiger charge is -2.29. The predicted octanol–water partition coefficient (Wildman–Crippen LogP) is 14.0. The van der Waals surface area contributed by atoms with E-state index in [1.165, 1.54) is 69.9 Å². The number of aromatic nitrogens is 1. The van der Waals surface area contributed by atoms with Gasteiger partial charge >= 0.3 is 0 Å². The SMILES string of the molecule is c1ccc(-c2cccc(-c3ccccc3N(c3cccc4c3sc3ccccc34)c3cccc4c3c3ccccc3n4-c3ccccc3)c2)cc1. The maximum absolute atomic E-state index is 2.52. The van der Waals surface area contributed by atoms with Crippen molar-refractivity contribution in [1.82, 2.24) is 4.57 Å². The lowest BCUT2D eigenvalue weighted by Crippen LogP contribution is -2.12. The minimum Gasteiger partial charge on any atom is -0.309 e. The van der Waals surface area contributed by atoms with E-state index in [1.807, 2.05) is 11.3 Å². The molecule has 2 aromatic heterocycles. The summed E-state index contributed by atoms with van der Waals surface area (Å²) < 4.78 is 4.97. The van der Waals surface area contributed by atoms with Crippen molar-refractivity contribution in [1.29, 1.82) is 0 Å². The molecule has 8 aromatic carbocycles. The number of hydrogen-bond acceptors (Lipinski definition) is 2. The van der Waals surface area contributed by atoms with Crippen LogP contribution < -0.4 is 4.90 Å². The van der Waals surface area contributed by atoms with Crippen molar-refractivity contribution >= 4 is 70.4 Å². The van der Waals surface area contributed by atoms with Crippen molar-refractivity contribution in [2.24, 2.45) is 0 Å². The van der Waals surface area contributed by atoms with Gasteiger partial charge in [0, 0.05) is 37.5 Å². The maximum Gasteiger partial charge on any atom is 0.0640 e. The third-order valence-corrected chi connectivity index (χ3v) is 11.2. The molecule has 10 aromatic rings. The van der Waals surface area contributed by atoms with Gasteiger partial charge in [0.2, 0.25) is 0 Å². The van der Waals surface area contributed by atoms with E-state index in [4.69, 9.17) is 0 Å². The number of anilines is 3. The van der Waals surface area contributed by atoms with E-state index in [0.717, 1.165) is 17.1 Å². The summed E-state index contributed by atoms with van der Waals surface area (Å²) >= 11 is 1.87. The van der Waals surface area contributed by atoms with Crippen LogP contribution in [0.25, 0.3) is 69.9 Å². The van der Waals surface area contributed by atoms with Gasteiger partial charge in [-0.15, -0.1) is 11.3 Å². The van der Waals surface area contributed by atoms with Crippen molar-refractivity contribution in [2.75, 3.05) is 4.90 Å². The Labute approximate surface area is 300 Å². The molecule has 51 heavy (non-hydrogen) atoms. The molecule has 0 radical (unpaired) electrons. The van der Waals surface area contributed by atoms with Crippen LogP contribution in [0.1, 0.15) is 0 Å². The predicted molar refractivity (Wildman–Crippen MR) is 219 cm³/mol. The van der Waals surface area contributed by atoms with Crippen molar-refractivity contribution in [3.05, 3.63) is 194 Å². The number of para-hydroxylation sites is 3. The van der Waals surface area contributed by atoms with E-state index in [1.54, 1.807) is 0 Å². The van der Waals surface area contributed by atoms with Gasteiger partial charge in [-0.3, -0.25) is 0 Å². The highest BCUT2D eigenvalue weighted by Crippen LogP contribution is 2.50.